The number of benzene rings is 1. The smallest absolute Gasteiger partial charge is 0.251 e. The summed E-state index contributed by atoms with van der Waals surface area (Å²) >= 11 is 0. The Labute approximate surface area is 151 Å². The highest BCUT2D eigenvalue weighted by Gasteiger charge is 2.25. The van der Waals surface area contributed by atoms with Crippen LogP contribution in [0.1, 0.15) is 29.9 Å². The standard InChI is InChI=1S/C19H21N7/c1-21-11-16(8-20)24-19-22-9-15-10-23-26(18(15)25-19)12-14-4-2-3-5-17(14)13-6-7-13/h2-5,8-10,13,20-21H,6-7,11-12H2,1H3. The molecule has 1 saturated carbocycles. The Balaban J connectivity index is 1.68. The highest BCUT2D eigenvalue weighted by atomic mass is 15.3. The minimum absolute atomic E-state index is 0.350. The fourth-order valence-electron chi connectivity index (χ4n) is 3.09. The molecule has 0 radical (unpaired) electrons. The third kappa shape index (κ3) is 3.39. The molecule has 0 amide bonds. The minimum atomic E-state index is 0.350. The first-order chi connectivity index (χ1) is 12.8. The number of fused-ring (bicyclic) bond motifs is 1. The molecule has 1 aliphatic carbocycles. The second-order valence-electron chi connectivity index (χ2n) is 6.50. The summed E-state index contributed by atoms with van der Waals surface area (Å²) in [5, 5.41) is 15.8. The summed E-state index contributed by atoms with van der Waals surface area (Å²) < 4.78 is 1.90. The lowest BCUT2D eigenvalue weighted by Gasteiger charge is -2.09. The number of hydrogen-bond acceptors (Lipinski definition) is 6. The van der Waals surface area contributed by atoms with Crippen molar-refractivity contribution in [3.8, 4) is 0 Å². The third-order valence-electron chi connectivity index (χ3n) is 4.52. The van der Waals surface area contributed by atoms with Crippen LogP contribution in [0.15, 0.2) is 41.7 Å². The van der Waals surface area contributed by atoms with Gasteiger partial charge >= 0.3 is 0 Å². The molecule has 0 bridgehead atoms. The number of nitrogens with one attached hydrogen (secondary N) is 2. The summed E-state index contributed by atoms with van der Waals surface area (Å²) in [6.45, 7) is 1.18. The van der Waals surface area contributed by atoms with E-state index in [4.69, 9.17) is 5.41 Å². The van der Waals surface area contributed by atoms with Crippen molar-refractivity contribution >= 4 is 28.9 Å². The van der Waals surface area contributed by atoms with Crippen LogP contribution < -0.4 is 5.32 Å². The van der Waals surface area contributed by atoms with Gasteiger partial charge in [-0.25, -0.2) is 14.7 Å². The van der Waals surface area contributed by atoms with Crippen molar-refractivity contribution in [1.29, 1.82) is 5.41 Å². The minimum Gasteiger partial charge on any atom is -0.314 e. The predicted molar refractivity (Wildman–Crippen MR) is 103 cm³/mol. The molecule has 1 fully saturated rings. The summed E-state index contributed by atoms with van der Waals surface area (Å²) in [6.07, 6.45) is 7.28. The lowest BCUT2D eigenvalue weighted by Crippen LogP contribution is -2.19. The van der Waals surface area contributed by atoms with E-state index in [1.807, 2.05) is 11.7 Å². The molecule has 3 aromatic rings. The van der Waals surface area contributed by atoms with Crippen molar-refractivity contribution in [2.45, 2.75) is 25.3 Å². The van der Waals surface area contributed by atoms with E-state index in [-0.39, 0.29) is 0 Å². The van der Waals surface area contributed by atoms with Crippen molar-refractivity contribution in [2.75, 3.05) is 13.6 Å². The lowest BCUT2D eigenvalue weighted by atomic mass is 10.0. The van der Waals surface area contributed by atoms with Gasteiger partial charge in [0.2, 0.25) is 0 Å². The molecule has 4 rings (SSSR count). The second-order valence-corrected chi connectivity index (χ2v) is 6.50. The first kappa shape index (κ1) is 16.5. The maximum Gasteiger partial charge on any atom is 0.251 e. The molecule has 132 valence electrons. The SMILES string of the molecule is CNCC(C=N)=Nc1ncc2cnn(Cc3ccccc3C3CC3)c2n1. The van der Waals surface area contributed by atoms with Crippen LogP contribution in [0.4, 0.5) is 5.95 Å². The molecule has 7 nitrogen and oxygen atoms in total. The van der Waals surface area contributed by atoms with E-state index >= 15 is 0 Å². The maximum atomic E-state index is 7.44. The van der Waals surface area contributed by atoms with Gasteiger partial charge in [0.1, 0.15) is 0 Å². The van der Waals surface area contributed by atoms with Crippen LogP contribution in [0.25, 0.3) is 11.0 Å². The number of aliphatic imine (C=N–C) groups is 1. The topological polar surface area (TPSA) is 91.8 Å². The van der Waals surface area contributed by atoms with Crippen LogP contribution in [0.3, 0.4) is 0 Å². The molecule has 1 aliphatic rings. The molecule has 0 saturated heterocycles. The van der Waals surface area contributed by atoms with Crippen molar-refractivity contribution in [1.82, 2.24) is 25.1 Å². The highest BCUT2D eigenvalue weighted by molar-refractivity contribution is 6.31. The molecule has 7 heteroatoms. The van der Waals surface area contributed by atoms with E-state index in [1.165, 1.54) is 30.2 Å². The molecule has 0 aliphatic heterocycles. The van der Waals surface area contributed by atoms with E-state index in [9.17, 15) is 0 Å². The predicted octanol–water partition coefficient (Wildman–Crippen LogP) is 2.69. The van der Waals surface area contributed by atoms with E-state index in [2.05, 4.69) is 49.6 Å². The van der Waals surface area contributed by atoms with Gasteiger partial charge in [-0.05, 0) is 36.9 Å². The molecular weight excluding hydrogens is 326 g/mol. The van der Waals surface area contributed by atoms with E-state index in [0.717, 1.165) is 11.0 Å². The van der Waals surface area contributed by atoms with Crippen LogP contribution in [0, 0.1) is 5.41 Å². The monoisotopic (exact) mass is 347 g/mol. The van der Waals surface area contributed by atoms with Crippen molar-refractivity contribution < 1.29 is 0 Å². The van der Waals surface area contributed by atoms with Crippen molar-refractivity contribution in [3.63, 3.8) is 0 Å². The zero-order chi connectivity index (χ0) is 17.9. The first-order valence-electron chi connectivity index (χ1n) is 8.77. The second kappa shape index (κ2) is 7.13. The van der Waals surface area contributed by atoms with Crippen LogP contribution >= 0.6 is 0 Å². The molecule has 0 atom stereocenters. The fraction of sp³-hybridized carbons (Fsp3) is 0.316. The average molecular weight is 347 g/mol. The molecule has 2 aromatic heterocycles. The van der Waals surface area contributed by atoms with E-state index < -0.39 is 0 Å². The maximum absolute atomic E-state index is 7.44. The zero-order valence-corrected chi connectivity index (χ0v) is 14.7. The van der Waals surface area contributed by atoms with Gasteiger partial charge in [-0.1, -0.05) is 24.3 Å². The van der Waals surface area contributed by atoms with Crippen LogP contribution in [0.5, 0.6) is 0 Å². The Morgan fingerprint density at radius 3 is 2.96 bits per heavy atom. The Hall–Kier alpha value is -2.93. The van der Waals surface area contributed by atoms with Crippen molar-refractivity contribution in [3.05, 3.63) is 47.8 Å². The van der Waals surface area contributed by atoms with Gasteiger partial charge < -0.3 is 10.7 Å². The van der Waals surface area contributed by atoms with Gasteiger partial charge in [-0.2, -0.15) is 10.1 Å². The Morgan fingerprint density at radius 1 is 1.35 bits per heavy atom. The average Bonchev–Trinajstić information content (AvgIpc) is 3.44. The van der Waals surface area contributed by atoms with Gasteiger partial charge in [0.05, 0.1) is 23.8 Å². The molecule has 26 heavy (non-hydrogen) atoms. The van der Waals surface area contributed by atoms with Crippen molar-refractivity contribution in [2.24, 2.45) is 4.99 Å². The van der Waals surface area contributed by atoms with Gasteiger partial charge in [-0.15, -0.1) is 0 Å². The molecule has 2 heterocycles. The van der Waals surface area contributed by atoms with Crippen LogP contribution in [-0.2, 0) is 6.54 Å². The van der Waals surface area contributed by atoms with Gasteiger partial charge in [0.25, 0.3) is 5.95 Å². The summed E-state index contributed by atoms with van der Waals surface area (Å²) in [7, 11) is 1.81. The molecule has 0 unspecified atom stereocenters. The number of hydrogen-bond donors (Lipinski definition) is 2. The largest absolute Gasteiger partial charge is 0.314 e. The Kier molecular flexibility index (Phi) is 4.53. The Bertz CT molecular complexity index is 969. The van der Waals surface area contributed by atoms with E-state index in [1.54, 1.807) is 12.4 Å². The van der Waals surface area contributed by atoms with Crippen LogP contribution in [0.2, 0.25) is 0 Å². The Morgan fingerprint density at radius 2 is 2.19 bits per heavy atom. The summed E-state index contributed by atoms with van der Waals surface area (Å²) in [4.78, 5) is 13.2. The summed E-state index contributed by atoms with van der Waals surface area (Å²) in [6, 6.07) is 8.57. The molecule has 0 spiro atoms. The first-order valence-corrected chi connectivity index (χ1v) is 8.77. The zero-order valence-electron chi connectivity index (χ0n) is 14.7. The number of aromatic nitrogens is 4. The van der Waals surface area contributed by atoms with Gasteiger partial charge in [0, 0.05) is 19.0 Å². The third-order valence-corrected chi connectivity index (χ3v) is 4.52. The molecule has 2 N–H and O–H groups in total. The molecule has 1 aromatic carbocycles. The lowest BCUT2D eigenvalue weighted by molar-refractivity contribution is 0.697. The number of nitrogens with zero attached hydrogens (tertiary/aromatic N) is 5. The van der Waals surface area contributed by atoms with Gasteiger partial charge in [-0.3, -0.25) is 0 Å². The molecular formula is C19H21N7. The highest BCUT2D eigenvalue weighted by Crippen LogP contribution is 2.41. The van der Waals surface area contributed by atoms with Gasteiger partial charge in [0.15, 0.2) is 5.65 Å². The number of rotatable bonds is 7. The normalized spacial score (nSPS) is 14.7. The summed E-state index contributed by atoms with van der Waals surface area (Å²) in [5.41, 5.74) is 4.05. The van der Waals surface area contributed by atoms with E-state index in [0.29, 0.717) is 30.7 Å². The quantitative estimate of drug-likeness (QED) is 0.643. The summed E-state index contributed by atoms with van der Waals surface area (Å²) in [5.74, 6) is 1.04. The van der Waals surface area contributed by atoms with Crippen LogP contribution in [-0.4, -0.2) is 45.3 Å². The fourth-order valence-corrected chi connectivity index (χ4v) is 3.09.